The lowest BCUT2D eigenvalue weighted by Gasteiger charge is -2.21. The Kier molecular flexibility index (Phi) is 4.40. The molecule has 3 rings (SSSR count). The number of ketones is 1. The van der Waals surface area contributed by atoms with Gasteiger partial charge in [0.2, 0.25) is 5.78 Å². The number of rotatable bonds is 4. The number of allylic oxidation sites excluding steroid dienone is 1. The second-order valence-corrected chi connectivity index (χ2v) is 6.40. The van der Waals surface area contributed by atoms with E-state index in [1.165, 1.54) is 17.7 Å². The third kappa shape index (κ3) is 3.31. The van der Waals surface area contributed by atoms with Crippen LogP contribution in [0, 0.1) is 0 Å². The molecule has 0 aromatic heterocycles. The first-order valence-electron chi connectivity index (χ1n) is 8.08. The van der Waals surface area contributed by atoms with Gasteiger partial charge in [-0.3, -0.25) is 4.79 Å². The molecule has 5 heteroatoms. The van der Waals surface area contributed by atoms with Crippen LogP contribution in [0.5, 0.6) is 23.0 Å². The van der Waals surface area contributed by atoms with Gasteiger partial charge in [-0.2, -0.15) is 0 Å². The number of carbonyl (C=O) groups excluding carboxylic acids is 1. The monoisotopic (exact) mass is 340 g/mol. The average molecular weight is 340 g/mol. The fourth-order valence-electron chi connectivity index (χ4n) is 3.07. The van der Waals surface area contributed by atoms with Gasteiger partial charge in [0.15, 0.2) is 0 Å². The molecule has 1 aliphatic rings. The molecule has 0 atom stereocenters. The van der Waals surface area contributed by atoms with Crippen LogP contribution in [0.3, 0.4) is 0 Å². The predicted octanol–water partition coefficient (Wildman–Crippen LogP) is 3.67. The second kappa shape index (κ2) is 6.51. The van der Waals surface area contributed by atoms with Crippen LogP contribution in [0.15, 0.2) is 35.9 Å². The summed E-state index contributed by atoms with van der Waals surface area (Å²) in [5.74, 6) is -0.530. The third-order valence-corrected chi connectivity index (χ3v) is 4.13. The van der Waals surface area contributed by atoms with Crippen LogP contribution in [-0.4, -0.2) is 27.7 Å². The molecular weight excluding hydrogens is 320 g/mol. The molecule has 0 bridgehead atoms. The van der Waals surface area contributed by atoms with Gasteiger partial charge in [-0.15, -0.1) is 0 Å². The molecular formula is C20H20O5. The summed E-state index contributed by atoms with van der Waals surface area (Å²) in [5, 5.41) is 29.9. The van der Waals surface area contributed by atoms with Gasteiger partial charge in [0, 0.05) is 12.1 Å². The van der Waals surface area contributed by atoms with E-state index in [-0.39, 0.29) is 28.4 Å². The van der Waals surface area contributed by atoms with Crippen LogP contribution >= 0.6 is 0 Å². The Labute approximate surface area is 145 Å². The fourth-order valence-corrected chi connectivity index (χ4v) is 3.07. The fraction of sp³-hybridized carbons (Fsp3) is 0.250. The van der Waals surface area contributed by atoms with E-state index in [1.54, 1.807) is 6.07 Å². The molecule has 0 saturated carbocycles. The molecule has 0 heterocycles. The van der Waals surface area contributed by atoms with E-state index < -0.39 is 5.78 Å². The average Bonchev–Trinajstić information content (AvgIpc) is 2.50. The summed E-state index contributed by atoms with van der Waals surface area (Å²) >= 11 is 0. The second-order valence-electron chi connectivity index (χ2n) is 6.40. The molecule has 2 aromatic rings. The first-order chi connectivity index (χ1) is 11.9. The highest BCUT2D eigenvalue weighted by Gasteiger charge is 2.30. The van der Waals surface area contributed by atoms with E-state index in [4.69, 9.17) is 4.74 Å². The van der Waals surface area contributed by atoms with E-state index in [9.17, 15) is 20.1 Å². The van der Waals surface area contributed by atoms with E-state index >= 15 is 0 Å². The van der Waals surface area contributed by atoms with Gasteiger partial charge in [-0.1, -0.05) is 11.6 Å². The Morgan fingerprint density at radius 1 is 1.04 bits per heavy atom. The number of phenolic OH excluding ortho intramolecular Hbond substituents is 3. The number of hydrogen-bond donors (Lipinski definition) is 3. The SMILES string of the molecule is CC(C)=CCCOc1cc(O)c2c(c1)Cc1cc(O)cc(O)c1C2=O. The largest absolute Gasteiger partial charge is 0.508 e. The van der Waals surface area contributed by atoms with Crippen molar-refractivity contribution in [1.29, 1.82) is 0 Å². The van der Waals surface area contributed by atoms with Crippen molar-refractivity contribution in [2.45, 2.75) is 26.7 Å². The highest BCUT2D eigenvalue weighted by Crippen LogP contribution is 2.40. The van der Waals surface area contributed by atoms with Gasteiger partial charge in [0.25, 0.3) is 0 Å². The minimum absolute atomic E-state index is 0.106. The predicted molar refractivity (Wildman–Crippen MR) is 93.7 cm³/mol. The summed E-state index contributed by atoms with van der Waals surface area (Å²) in [6.45, 7) is 4.49. The van der Waals surface area contributed by atoms with Crippen LogP contribution in [0.2, 0.25) is 0 Å². The molecule has 0 fully saturated rings. The van der Waals surface area contributed by atoms with Gasteiger partial charge >= 0.3 is 0 Å². The maximum absolute atomic E-state index is 12.7. The maximum atomic E-state index is 12.7. The van der Waals surface area contributed by atoms with Gasteiger partial charge in [0.05, 0.1) is 17.7 Å². The summed E-state index contributed by atoms with van der Waals surface area (Å²) in [7, 11) is 0. The molecule has 130 valence electrons. The number of aromatic hydroxyl groups is 3. The summed E-state index contributed by atoms with van der Waals surface area (Å²) in [6.07, 6.45) is 3.13. The lowest BCUT2D eigenvalue weighted by Crippen LogP contribution is -2.16. The number of hydrogen-bond acceptors (Lipinski definition) is 5. The van der Waals surface area contributed by atoms with Gasteiger partial charge < -0.3 is 20.1 Å². The lowest BCUT2D eigenvalue weighted by molar-refractivity contribution is 0.102. The zero-order chi connectivity index (χ0) is 18.1. The first-order valence-corrected chi connectivity index (χ1v) is 8.08. The molecule has 25 heavy (non-hydrogen) atoms. The Morgan fingerprint density at radius 3 is 2.36 bits per heavy atom. The van der Waals surface area contributed by atoms with Crippen LogP contribution < -0.4 is 4.74 Å². The van der Waals surface area contributed by atoms with Crippen molar-refractivity contribution in [2.75, 3.05) is 6.61 Å². The molecule has 0 unspecified atom stereocenters. The molecule has 0 spiro atoms. The van der Waals surface area contributed by atoms with Crippen molar-refractivity contribution in [3.63, 3.8) is 0 Å². The number of phenols is 3. The lowest BCUT2D eigenvalue weighted by atomic mass is 9.83. The topological polar surface area (TPSA) is 87.0 Å². The number of carbonyl (C=O) groups is 1. The van der Waals surface area contributed by atoms with Crippen molar-refractivity contribution in [1.82, 2.24) is 0 Å². The Hall–Kier alpha value is -2.95. The normalized spacial score (nSPS) is 12.3. The van der Waals surface area contributed by atoms with Crippen LogP contribution in [0.4, 0.5) is 0 Å². The van der Waals surface area contributed by atoms with Crippen LogP contribution in [-0.2, 0) is 6.42 Å². The quantitative estimate of drug-likeness (QED) is 0.498. The summed E-state index contributed by atoms with van der Waals surface area (Å²) in [5.41, 5.74) is 2.64. The van der Waals surface area contributed by atoms with Crippen LogP contribution in [0.25, 0.3) is 0 Å². The Balaban J connectivity index is 1.92. The molecule has 0 radical (unpaired) electrons. The summed E-state index contributed by atoms with van der Waals surface area (Å²) < 4.78 is 5.66. The van der Waals surface area contributed by atoms with Crippen LogP contribution in [0.1, 0.15) is 47.3 Å². The molecule has 1 aliphatic carbocycles. The highest BCUT2D eigenvalue weighted by atomic mass is 16.5. The molecule has 0 saturated heterocycles. The summed E-state index contributed by atoms with van der Waals surface area (Å²) in [4.78, 5) is 12.7. The smallest absolute Gasteiger partial charge is 0.201 e. The molecule has 2 aromatic carbocycles. The standard InChI is InChI=1S/C20H20O5/c1-11(2)4-3-5-25-15-8-13-6-12-7-14(21)9-16(22)18(12)20(24)19(13)17(23)10-15/h4,7-10,21-23H,3,5-6H2,1-2H3. The zero-order valence-corrected chi connectivity index (χ0v) is 14.2. The van der Waals surface area contributed by atoms with Crippen molar-refractivity contribution in [2.24, 2.45) is 0 Å². The summed E-state index contributed by atoms with van der Waals surface area (Å²) in [6, 6.07) is 5.72. The highest BCUT2D eigenvalue weighted by molar-refractivity contribution is 6.15. The molecule has 0 aliphatic heterocycles. The van der Waals surface area contributed by atoms with Crippen molar-refractivity contribution in [3.8, 4) is 23.0 Å². The Morgan fingerprint density at radius 2 is 1.68 bits per heavy atom. The maximum Gasteiger partial charge on any atom is 0.201 e. The number of ether oxygens (including phenoxy) is 1. The first kappa shape index (κ1) is 16.9. The molecule has 0 amide bonds. The van der Waals surface area contributed by atoms with Crippen molar-refractivity contribution in [3.05, 3.63) is 58.2 Å². The van der Waals surface area contributed by atoms with Crippen molar-refractivity contribution < 1.29 is 24.9 Å². The molecule has 3 N–H and O–H groups in total. The minimum atomic E-state index is -0.456. The minimum Gasteiger partial charge on any atom is -0.508 e. The number of benzene rings is 2. The van der Waals surface area contributed by atoms with Gasteiger partial charge in [-0.05, 0) is 49.9 Å². The van der Waals surface area contributed by atoms with Gasteiger partial charge in [0.1, 0.15) is 23.0 Å². The number of fused-ring (bicyclic) bond motifs is 2. The van der Waals surface area contributed by atoms with E-state index in [2.05, 4.69) is 6.08 Å². The Bertz CT molecular complexity index is 876. The molecule has 5 nitrogen and oxygen atoms in total. The van der Waals surface area contributed by atoms with E-state index in [1.807, 2.05) is 13.8 Å². The van der Waals surface area contributed by atoms with Crippen molar-refractivity contribution >= 4 is 5.78 Å². The zero-order valence-electron chi connectivity index (χ0n) is 14.2. The third-order valence-electron chi connectivity index (χ3n) is 4.13. The van der Waals surface area contributed by atoms with E-state index in [0.29, 0.717) is 29.9 Å². The van der Waals surface area contributed by atoms with E-state index in [0.717, 1.165) is 12.5 Å². The van der Waals surface area contributed by atoms with Gasteiger partial charge in [-0.25, -0.2) is 0 Å².